The Kier molecular flexibility index (Phi) is 2.63. The lowest BCUT2D eigenvalue weighted by molar-refractivity contribution is 0.627. The molecule has 0 saturated carbocycles. The van der Waals surface area contributed by atoms with E-state index < -0.39 is 0 Å². The van der Waals surface area contributed by atoms with E-state index in [-0.39, 0.29) is 5.82 Å². The molecule has 1 N–H and O–H groups in total. The average Bonchev–Trinajstić information content (AvgIpc) is 2.29. The first-order valence-electron chi connectivity index (χ1n) is 4.70. The molecule has 0 amide bonds. The summed E-state index contributed by atoms with van der Waals surface area (Å²) in [5, 5.41) is 2.83. The van der Waals surface area contributed by atoms with Gasteiger partial charge in [-0.3, -0.25) is 0 Å². The zero-order chi connectivity index (χ0) is 10.7. The maximum atomic E-state index is 13.2. The summed E-state index contributed by atoms with van der Waals surface area (Å²) in [6.07, 6.45) is 0. The third kappa shape index (κ3) is 2.13. The number of hydrogen-bond donors (Lipinski definition) is 1. The number of nitrogens with one attached hydrogen (secondary N) is 1. The number of aromatic nitrogens is 1. The van der Waals surface area contributed by atoms with Gasteiger partial charge in [0.25, 0.3) is 0 Å². The summed E-state index contributed by atoms with van der Waals surface area (Å²) in [7, 11) is 1.72. The van der Waals surface area contributed by atoms with Gasteiger partial charge >= 0.3 is 0 Å². The van der Waals surface area contributed by atoms with E-state index in [4.69, 9.17) is 0 Å². The summed E-state index contributed by atoms with van der Waals surface area (Å²) in [4.78, 5) is 4.27. The molecule has 0 unspecified atom stereocenters. The third-order valence-electron chi connectivity index (χ3n) is 2.12. The number of rotatable bonds is 2. The highest BCUT2D eigenvalue weighted by molar-refractivity contribution is 5.61. The fraction of sp³-hybridized carbons (Fsp3) is 0.0833. The van der Waals surface area contributed by atoms with Crippen molar-refractivity contribution in [1.82, 2.24) is 4.98 Å². The second-order valence-corrected chi connectivity index (χ2v) is 3.17. The van der Waals surface area contributed by atoms with Gasteiger partial charge in [0.05, 0.1) is 5.69 Å². The summed E-state index contributed by atoms with van der Waals surface area (Å²) in [5.41, 5.74) is 1.55. The first-order valence-corrected chi connectivity index (χ1v) is 4.70. The molecule has 0 spiro atoms. The zero-order valence-electron chi connectivity index (χ0n) is 8.37. The smallest absolute Gasteiger partial charge is 0.129 e. The van der Waals surface area contributed by atoms with Crippen LogP contribution in [0.2, 0.25) is 0 Å². The van der Waals surface area contributed by atoms with Crippen molar-refractivity contribution in [3.8, 4) is 11.3 Å². The summed E-state index contributed by atoms with van der Waals surface area (Å²) in [5.74, 6) is 0.252. The Bertz CT molecular complexity index is 454. The molecule has 1 heterocycles. The van der Waals surface area contributed by atoms with Gasteiger partial charge in [0.2, 0.25) is 0 Å². The molecule has 76 valence electrons. The lowest BCUT2D eigenvalue weighted by atomic mass is 10.1. The van der Waals surface area contributed by atoms with Crippen LogP contribution in [0.4, 0.5) is 10.2 Å². The molecule has 3 heteroatoms. The number of benzene rings is 1. The van der Waals surface area contributed by atoms with Gasteiger partial charge in [0, 0.05) is 24.7 Å². The zero-order valence-corrected chi connectivity index (χ0v) is 8.37. The van der Waals surface area contributed by atoms with Crippen LogP contribution in [0.1, 0.15) is 0 Å². The van der Waals surface area contributed by atoms with Gasteiger partial charge < -0.3 is 5.32 Å². The highest BCUT2D eigenvalue weighted by Gasteiger charge is 2.03. The lowest BCUT2D eigenvalue weighted by Crippen LogP contribution is -1.95. The van der Waals surface area contributed by atoms with Gasteiger partial charge in [-0.2, -0.15) is 0 Å². The van der Waals surface area contributed by atoms with Crippen molar-refractivity contribution in [3.63, 3.8) is 0 Å². The summed E-state index contributed by atoms with van der Waals surface area (Å²) < 4.78 is 13.2. The molecular formula is C12H11FN2. The second kappa shape index (κ2) is 4.09. The Morgan fingerprint density at radius 3 is 2.53 bits per heavy atom. The van der Waals surface area contributed by atoms with Gasteiger partial charge in [-0.15, -0.1) is 0 Å². The number of anilines is 1. The molecule has 0 atom stereocenters. The first-order chi connectivity index (χ1) is 7.29. The predicted molar refractivity (Wildman–Crippen MR) is 59.2 cm³/mol. The van der Waals surface area contributed by atoms with Gasteiger partial charge in [-0.25, -0.2) is 9.37 Å². The molecule has 0 fully saturated rings. The van der Waals surface area contributed by atoms with E-state index in [2.05, 4.69) is 10.3 Å². The van der Waals surface area contributed by atoms with Crippen molar-refractivity contribution in [3.05, 3.63) is 48.3 Å². The van der Waals surface area contributed by atoms with E-state index in [0.29, 0.717) is 11.5 Å². The molecule has 2 aromatic rings. The quantitative estimate of drug-likeness (QED) is 0.809. The van der Waals surface area contributed by atoms with Gasteiger partial charge in [0.1, 0.15) is 11.6 Å². The van der Waals surface area contributed by atoms with Crippen LogP contribution in [0.3, 0.4) is 0 Å². The Morgan fingerprint density at radius 1 is 1.13 bits per heavy atom. The SMILES string of the molecule is CNc1cc(F)cc(-c2ccccc2)n1. The average molecular weight is 202 g/mol. The van der Waals surface area contributed by atoms with Gasteiger partial charge in [-0.05, 0) is 0 Å². The molecule has 0 aliphatic rings. The van der Waals surface area contributed by atoms with Crippen molar-refractivity contribution in [1.29, 1.82) is 0 Å². The number of hydrogen-bond acceptors (Lipinski definition) is 2. The lowest BCUT2D eigenvalue weighted by Gasteiger charge is -2.04. The van der Waals surface area contributed by atoms with Crippen molar-refractivity contribution in [2.75, 3.05) is 12.4 Å². The number of pyridine rings is 1. The predicted octanol–water partition coefficient (Wildman–Crippen LogP) is 2.93. The second-order valence-electron chi connectivity index (χ2n) is 3.17. The highest BCUT2D eigenvalue weighted by Crippen LogP contribution is 2.19. The maximum absolute atomic E-state index is 13.2. The molecule has 2 nitrogen and oxygen atoms in total. The topological polar surface area (TPSA) is 24.9 Å². The minimum absolute atomic E-state index is 0.284. The van der Waals surface area contributed by atoms with Crippen molar-refractivity contribution >= 4 is 5.82 Å². The van der Waals surface area contributed by atoms with Crippen LogP contribution >= 0.6 is 0 Å². The molecule has 0 radical (unpaired) electrons. The molecule has 0 bridgehead atoms. The Labute approximate surface area is 87.8 Å². The molecular weight excluding hydrogens is 191 g/mol. The fourth-order valence-electron chi connectivity index (χ4n) is 1.38. The van der Waals surface area contributed by atoms with Crippen LogP contribution in [-0.2, 0) is 0 Å². The molecule has 15 heavy (non-hydrogen) atoms. The molecule has 1 aromatic carbocycles. The Hall–Kier alpha value is -1.90. The molecule has 0 aliphatic carbocycles. The summed E-state index contributed by atoms with van der Waals surface area (Å²) in [6.45, 7) is 0. The molecule has 2 rings (SSSR count). The standard InChI is InChI=1S/C12H11FN2/c1-14-12-8-10(13)7-11(15-12)9-5-3-2-4-6-9/h2-8H,1H3,(H,14,15). The monoisotopic (exact) mass is 202 g/mol. The van der Waals surface area contributed by atoms with Crippen molar-refractivity contribution in [2.45, 2.75) is 0 Å². The normalized spacial score (nSPS) is 10.0. The fourth-order valence-corrected chi connectivity index (χ4v) is 1.38. The highest BCUT2D eigenvalue weighted by atomic mass is 19.1. The van der Waals surface area contributed by atoms with Crippen LogP contribution in [0.25, 0.3) is 11.3 Å². The van der Waals surface area contributed by atoms with Crippen LogP contribution in [0.5, 0.6) is 0 Å². The van der Waals surface area contributed by atoms with Crippen molar-refractivity contribution in [2.24, 2.45) is 0 Å². The molecule has 0 aliphatic heterocycles. The van der Waals surface area contributed by atoms with Crippen LogP contribution in [0.15, 0.2) is 42.5 Å². The number of halogens is 1. The van der Waals surface area contributed by atoms with Crippen LogP contribution < -0.4 is 5.32 Å². The van der Waals surface area contributed by atoms with Crippen LogP contribution in [-0.4, -0.2) is 12.0 Å². The Balaban J connectivity index is 2.49. The number of nitrogens with zero attached hydrogens (tertiary/aromatic N) is 1. The van der Waals surface area contributed by atoms with Crippen LogP contribution in [0, 0.1) is 5.82 Å². The Morgan fingerprint density at radius 2 is 1.87 bits per heavy atom. The van der Waals surface area contributed by atoms with Gasteiger partial charge in [0.15, 0.2) is 0 Å². The van der Waals surface area contributed by atoms with Gasteiger partial charge in [-0.1, -0.05) is 30.3 Å². The molecule has 1 aromatic heterocycles. The minimum Gasteiger partial charge on any atom is -0.373 e. The van der Waals surface area contributed by atoms with E-state index in [9.17, 15) is 4.39 Å². The van der Waals surface area contributed by atoms with E-state index >= 15 is 0 Å². The maximum Gasteiger partial charge on any atom is 0.129 e. The van der Waals surface area contributed by atoms with E-state index in [1.807, 2.05) is 30.3 Å². The molecule has 0 saturated heterocycles. The summed E-state index contributed by atoms with van der Waals surface area (Å²) in [6, 6.07) is 12.3. The largest absolute Gasteiger partial charge is 0.373 e. The minimum atomic E-state index is -0.284. The third-order valence-corrected chi connectivity index (χ3v) is 2.12. The van der Waals surface area contributed by atoms with Crippen molar-refractivity contribution < 1.29 is 4.39 Å². The first kappa shape index (κ1) is 9.65. The van der Waals surface area contributed by atoms with E-state index in [1.54, 1.807) is 7.05 Å². The van der Waals surface area contributed by atoms with E-state index in [1.165, 1.54) is 12.1 Å². The van der Waals surface area contributed by atoms with E-state index in [0.717, 1.165) is 5.56 Å². The summed E-state index contributed by atoms with van der Waals surface area (Å²) >= 11 is 0.